The van der Waals surface area contributed by atoms with E-state index in [4.69, 9.17) is 5.10 Å². The number of piperidine rings is 1. The van der Waals surface area contributed by atoms with Crippen LogP contribution in [0.5, 0.6) is 0 Å². The number of hydrogen-bond donors (Lipinski definition) is 1. The van der Waals surface area contributed by atoms with Crippen molar-refractivity contribution in [1.29, 1.82) is 0 Å². The second-order valence-electron chi connectivity index (χ2n) is 7.35. The molecule has 1 unspecified atom stereocenters. The van der Waals surface area contributed by atoms with Crippen LogP contribution in [0.4, 0.5) is 5.82 Å². The molecule has 1 aliphatic rings. The van der Waals surface area contributed by atoms with Gasteiger partial charge < -0.3 is 10.2 Å². The summed E-state index contributed by atoms with van der Waals surface area (Å²) in [7, 11) is 0. The molecule has 0 radical (unpaired) electrons. The zero-order valence-corrected chi connectivity index (χ0v) is 16.6. The zero-order chi connectivity index (χ0) is 19.7. The van der Waals surface area contributed by atoms with Crippen molar-refractivity contribution < 1.29 is 4.79 Å². The van der Waals surface area contributed by atoms with Crippen LogP contribution in [0.15, 0.2) is 30.3 Å². The number of amides is 1. The smallest absolute Gasteiger partial charge is 0.224 e. The molecule has 0 spiro atoms. The van der Waals surface area contributed by atoms with E-state index in [0.717, 1.165) is 53.2 Å². The van der Waals surface area contributed by atoms with Gasteiger partial charge in [0.1, 0.15) is 5.52 Å². The lowest BCUT2D eigenvalue weighted by Gasteiger charge is -2.32. The number of carbonyl (C=O) groups excluding carboxylic acids is 1. The predicted molar refractivity (Wildman–Crippen MR) is 110 cm³/mol. The fourth-order valence-corrected chi connectivity index (χ4v) is 4.05. The van der Waals surface area contributed by atoms with Crippen LogP contribution in [0.1, 0.15) is 31.2 Å². The highest BCUT2D eigenvalue weighted by atomic mass is 16.1. The van der Waals surface area contributed by atoms with Crippen molar-refractivity contribution >= 4 is 22.6 Å². The van der Waals surface area contributed by atoms with Crippen LogP contribution < -0.4 is 10.2 Å². The summed E-state index contributed by atoms with van der Waals surface area (Å²) in [6.45, 7) is 8.15. The van der Waals surface area contributed by atoms with Crippen LogP contribution in [0.25, 0.3) is 16.6 Å². The quantitative estimate of drug-likeness (QED) is 0.755. The maximum absolute atomic E-state index is 12.3. The van der Waals surface area contributed by atoms with Crippen molar-refractivity contribution in [2.45, 2.75) is 33.6 Å². The van der Waals surface area contributed by atoms with E-state index in [0.29, 0.717) is 13.1 Å². The van der Waals surface area contributed by atoms with Crippen LogP contribution in [0.2, 0.25) is 0 Å². The molecular weight excluding hydrogens is 352 g/mol. The number of aromatic nitrogens is 4. The third-order valence-corrected chi connectivity index (χ3v) is 5.43. The molecule has 4 rings (SSSR count). The average Bonchev–Trinajstić information content (AvgIpc) is 3.07. The van der Waals surface area contributed by atoms with E-state index in [1.165, 1.54) is 0 Å². The van der Waals surface area contributed by atoms with Gasteiger partial charge in [0.25, 0.3) is 0 Å². The molecule has 1 N–H and O–H groups in total. The van der Waals surface area contributed by atoms with Gasteiger partial charge in [-0.25, -0.2) is 4.68 Å². The summed E-state index contributed by atoms with van der Waals surface area (Å²) in [4.78, 5) is 14.5. The van der Waals surface area contributed by atoms with E-state index < -0.39 is 0 Å². The minimum Gasteiger partial charge on any atom is -0.356 e. The summed E-state index contributed by atoms with van der Waals surface area (Å²) in [6, 6.07) is 10.1. The first-order valence-corrected chi connectivity index (χ1v) is 9.90. The molecule has 146 valence electrons. The molecule has 1 aromatic carbocycles. The molecule has 1 fully saturated rings. The molecule has 3 heterocycles. The van der Waals surface area contributed by atoms with Gasteiger partial charge >= 0.3 is 0 Å². The Kier molecular flexibility index (Phi) is 4.98. The molecule has 3 aromatic rings. The Balaban J connectivity index is 1.76. The van der Waals surface area contributed by atoms with Gasteiger partial charge in [0.15, 0.2) is 5.82 Å². The van der Waals surface area contributed by atoms with Crippen LogP contribution in [0.3, 0.4) is 0 Å². The van der Waals surface area contributed by atoms with Gasteiger partial charge in [-0.15, -0.1) is 5.10 Å². The number of nitrogens with one attached hydrogen (secondary N) is 1. The molecule has 1 aliphatic heterocycles. The van der Waals surface area contributed by atoms with Gasteiger partial charge in [-0.2, -0.15) is 10.2 Å². The van der Waals surface area contributed by atoms with Crippen LogP contribution in [0, 0.1) is 19.8 Å². The van der Waals surface area contributed by atoms with Crippen LogP contribution in [-0.2, 0) is 4.79 Å². The largest absolute Gasteiger partial charge is 0.356 e. The summed E-state index contributed by atoms with van der Waals surface area (Å²) >= 11 is 0. The maximum atomic E-state index is 12.3. The molecule has 0 aliphatic carbocycles. The van der Waals surface area contributed by atoms with Crippen LogP contribution in [-0.4, -0.2) is 45.5 Å². The predicted octanol–water partition coefficient (Wildman–Crippen LogP) is 2.78. The maximum Gasteiger partial charge on any atom is 0.224 e. The third-order valence-electron chi connectivity index (χ3n) is 5.43. The van der Waals surface area contributed by atoms with Gasteiger partial charge in [0.2, 0.25) is 5.91 Å². The summed E-state index contributed by atoms with van der Waals surface area (Å²) in [5.41, 5.74) is 3.79. The van der Waals surface area contributed by atoms with Crippen molar-refractivity contribution in [3.8, 4) is 5.69 Å². The van der Waals surface area contributed by atoms with E-state index in [2.05, 4.69) is 27.3 Å². The first-order chi connectivity index (χ1) is 13.6. The summed E-state index contributed by atoms with van der Waals surface area (Å²) < 4.78 is 1.95. The molecule has 28 heavy (non-hydrogen) atoms. The number of nitrogens with zero attached hydrogens (tertiary/aromatic N) is 5. The molecule has 0 saturated carbocycles. The lowest BCUT2D eigenvalue weighted by molar-refractivity contribution is -0.125. The zero-order valence-electron chi connectivity index (χ0n) is 16.6. The molecule has 7 heteroatoms. The Morgan fingerprint density at radius 3 is 2.75 bits per heavy atom. The lowest BCUT2D eigenvalue weighted by atomic mass is 9.97. The molecule has 1 amide bonds. The van der Waals surface area contributed by atoms with E-state index in [1.54, 1.807) is 0 Å². The highest BCUT2D eigenvalue weighted by molar-refractivity contribution is 5.92. The fourth-order valence-electron chi connectivity index (χ4n) is 4.05. The molecule has 1 saturated heterocycles. The summed E-state index contributed by atoms with van der Waals surface area (Å²) in [5.74, 6) is 0.867. The Hall–Kier alpha value is -2.96. The van der Waals surface area contributed by atoms with Crippen molar-refractivity contribution in [1.82, 2.24) is 25.3 Å². The highest BCUT2D eigenvalue weighted by Gasteiger charge is 2.29. The number of anilines is 1. The summed E-state index contributed by atoms with van der Waals surface area (Å²) in [5, 5.41) is 17.8. The van der Waals surface area contributed by atoms with Crippen LogP contribution >= 0.6 is 0 Å². The van der Waals surface area contributed by atoms with Gasteiger partial charge in [-0.3, -0.25) is 4.79 Å². The lowest BCUT2D eigenvalue weighted by Crippen LogP contribution is -2.43. The first-order valence-electron chi connectivity index (χ1n) is 9.90. The number of hydrogen-bond acceptors (Lipinski definition) is 5. The Morgan fingerprint density at radius 1 is 1.21 bits per heavy atom. The second-order valence-corrected chi connectivity index (χ2v) is 7.35. The fraction of sp³-hybridized carbons (Fsp3) is 0.429. The van der Waals surface area contributed by atoms with Crippen molar-refractivity contribution in [2.24, 2.45) is 5.92 Å². The molecule has 7 nitrogen and oxygen atoms in total. The number of para-hydroxylation sites is 1. The van der Waals surface area contributed by atoms with Crippen molar-refractivity contribution in [3.05, 3.63) is 41.7 Å². The van der Waals surface area contributed by atoms with Gasteiger partial charge in [0.05, 0.1) is 28.4 Å². The SMILES string of the molecule is CCNC(=O)C1CCCN(c2nnc(C)c3c(C)n(-c4ccccc4)nc23)C1. The van der Waals surface area contributed by atoms with Gasteiger partial charge in [-0.1, -0.05) is 18.2 Å². The average molecular weight is 378 g/mol. The Bertz CT molecular complexity index is 997. The Morgan fingerprint density at radius 2 is 2.00 bits per heavy atom. The number of carbonyl (C=O) groups is 1. The topological polar surface area (TPSA) is 75.9 Å². The molecule has 0 bridgehead atoms. The van der Waals surface area contributed by atoms with Crippen molar-refractivity contribution in [2.75, 3.05) is 24.5 Å². The molecular formula is C21H26N6O. The van der Waals surface area contributed by atoms with E-state index in [9.17, 15) is 4.79 Å². The molecule has 2 aromatic heterocycles. The van der Waals surface area contributed by atoms with E-state index in [-0.39, 0.29) is 11.8 Å². The highest BCUT2D eigenvalue weighted by Crippen LogP contribution is 2.31. The monoisotopic (exact) mass is 378 g/mol. The standard InChI is InChI=1S/C21H26N6O/c1-4-22-21(28)16-9-8-12-26(13-16)20-19-18(14(2)23-24-20)15(3)27(25-19)17-10-6-5-7-11-17/h5-7,10-11,16H,4,8-9,12-13H2,1-3H3,(H,22,28). The normalized spacial score (nSPS) is 17.1. The van der Waals surface area contributed by atoms with Crippen molar-refractivity contribution in [3.63, 3.8) is 0 Å². The van der Waals surface area contributed by atoms with E-state index in [1.807, 2.05) is 48.9 Å². The number of benzene rings is 1. The minimum atomic E-state index is -0.0239. The van der Waals surface area contributed by atoms with Gasteiger partial charge in [-0.05, 0) is 45.7 Å². The number of aryl methyl sites for hydroxylation is 2. The summed E-state index contributed by atoms with van der Waals surface area (Å²) in [6.07, 6.45) is 1.86. The minimum absolute atomic E-state index is 0.0239. The van der Waals surface area contributed by atoms with E-state index >= 15 is 0 Å². The number of fused-ring (bicyclic) bond motifs is 1. The Labute approximate surface area is 164 Å². The first kappa shape index (κ1) is 18.4. The molecule has 1 atom stereocenters. The van der Waals surface area contributed by atoms with Gasteiger partial charge in [0, 0.05) is 19.6 Å². The number of rotatable bonds is 4. The third kappa shape index (κ3) is 3.21. The second kappa shape index (κ2) is 7.58.